The number of pyridine rings is 1. The van der Waals surface area contributed by atoms with Crippen LogP contribution in [0.15, 0.2) is 77.2 Å². The summed E-state index contributed by atoms with van der Waals surface area (Å²) in [7, 11) is 0. The lowest BCUT2D eigenvalue weighted by molar-refractivity contribution is 0.0932. The number of carbonyl (C=O) groups excluding carboxylic acids is 1. The van der Waals surface area contributed by atoms with Crippen molar-refractivity contribution in [3.05, 3.63) is 99.0 Å². The van der Waals surface area contributed by atoms with Crippen molar-refractivity contribution in [2.75, 3.05) is 0 Å². The number of rotatable bonds is 6. The lowest BCUT2D eigenvalue weighted by Gasteiger charge is -2.12. The van der Waals surface area contributed by atoms with Gasteiger partial charge in [-0.3, -0.25) is 14.6 Å². The summed E-state index contributed by atoms with van der Waals surface area (Å²) in [5, 5.41) is 9.88. The maximum Gasteiger partial charge on any atom is 0.272 e. The molecule has 3 heterocycles. The van der Waals surface area contributed by atoms with Gasteiger partial charge in [0.05, 0.1) is 18.3 Å². The van der Waals surface area contributed by atoms with Crippen molar-refractivity contribution in [1.29, 1.82) is 0 Å². The van der Waals surface area contributed by atoms with Gasteiger partial charge < -0.3 is 5.32 Å². The van der Waals surface area contributed by atoms with Crippen LogP contribution in [-0.2, 0) is 6.54 Å². The zero-order valence-corrected chi connectivity index (χ0v) is 17.0. The van der Waals surface area contributed by atoms with Crippen molar-refractivity contribution in [1.82, 2.24) is 25.1 Å². The molecular formula is C22H19N5O2S. The number of carbonyl (C=O) groups is 1. The molecule has 30 heavy (non-hydrogen) atoms. The van der Waals surface area contributed by atoms with Crippen LogP contribution in [0.3, 0.4) is 0 Å². The van der Waals surface area contributed by atoms with Crippen molar-refractivity contribution >= 4 is 17.2 Å². The molecule has 4 aromatic rings. The topological polar surface area (TPSA) is 89.8 Å². The van der Waals surface area contributed by atoms with E-state index in [2.05, 4.69) is 20.4 Å². The first-order valence-corrected chi connectivity index (χ1v) is 10.3. The third-order valence-corrected chi connectivity index (χ3v) is 5.52. The normalized spacial score (nSPS) is 11.8. The molecule has 0 saturated heterocycles. The predicted octanol–water partition coefficient (Wildman–Crippen LogP) is 3.30. The molecule has 1 atom stereocenters. The highest BCUT2D eigenvalue weighted by Crippen LogP contribution is 2.25. The van der Waals surface area contributed by atoms with Crippen LogP contribution in [0.2, 0.25) is 0 Å². The van der Waals surface area contributed by atoms with Crippen LogP contribution in [0.5, 0.6) is 0 Å². The molecule has 0 bridgehead atoms. The maximum absolute atomic E-state index is 12.7. The molecule has 1 unspecified atom stereocenters. The summed E-state index contributed by atoms with van der Waals surface area (Å²) in [4.78, 5) is 33.5. The van der Waals surface area contributed by atoms with Crippen LogP contribution < -0.4 is 10.9 Å². The third-order valence-electron chi connectivity index (χ3n) is 4.49. The number of nitrogens with one attached hydrogen (secondary N) is 1. The van der Waals surface area contributed by atoms with Crippen LogP contribution in [0.25, 0.3) is 11.3 Å². The lowest BCUT2D eigenvalue weighted by Crippen LogP contribution is -2.31. The Morgan fingerprint density at radius 3 is 2.63 bits per heavy atom. The minimum atomic E-state index is -0.357. The Hall–Kier alpha value is -3.65. The molecule has 1 N–H and O–H groups in total. The minimum Gasteiger partial charge on any atom is -0.342 e. The highest BCUT2D eigenvalue weighted by molar-refractivity contribution is 7.10. The third kappa shape index (κ3) is 4.49. The van der Waals surface area contributed by atoms with E-state index in [1.54, 1.807) is 12.4 Å². The van der Waals surface area contributed by atoms with E-state index in [-0.39, 0.29) is 23.2 Å². The number of nitrogens with zero attached hydrogens (tertiary/aromatic N) is 4. The summed E-state index contributed by atoms with van der Waals surface area (Å²) >= 11 is 1.48. The highest BCUT2D eigenvalue weighted by Gasteiger charge is 2.17. The van der Waals surface area contributed by atoms with Gasteiger partial charge in [0, 0.05) is 29.4 Å². The fourth-order valence-electron chi connectivity index (χ4n) is 2.91. The van der Waals surface area contributed by atoms with Crippen molar-refractivity contribution in [3.8, 4) is 11.3 Å². The first-order chi connectivity index (χ1) is 14.6. The summed E-state index contributed by atoms with van der Waals surface area (Å²) in [5.41, 5.74) is 2.67. The summed E-state index contributed by atoms with van der Waals surface area (Å²) in [6, 6.07) is 15.8. The van der Waals surface area contributed by atoms with Crippen molar-refractivity contribution in [2.45, 2.75) is 19.5 Å². The van der Waals surface area contributed by atoms with Crippen LogP contribution in [0, 0.1) is 0 Å². The SMILES string of the molecule is CC(NC(=O)c1ccc(=O)n(Cc2ccccc2)n1)c1nc(-c2ccncc2)cs1. The van der Waals surface area contributed by atoms with Crippen molar-refractivity contribution in [3.63, 3.8) is 0 Å². The summed E-state index contributed by atoms with van der Waals surface area (Å²) in [5.74, 6) is -0.357. The fraction of sp³-hybridized carbons (Fsp3) is 0.136. The summed E-state index contributed by atoms with van der Waals surface area (Å²) < 4.78 is 1.29. The Balaban J connectivity index is 1.48. The maximum atomic E-state index is 12.7. The van der Waals surface area contributed by atoms with Crippen LogP contribution >= 0.6 is 11.3 Å². The number of aromatic nitrogens is 4. The molecule has 0 aliphatic rings. The Kier molecular flexibility index (Phi) is 5.76. The smallest absolute Gasteiger partial charge is 0.272 e. The number of hydrogen-bond donors (Lipinski definition) is 1. The average molecular weight is 417 g/mol. The van der Waals surface area contributed by atoms with Gasteiger partial charge in [-0.2, -0.15) is 5.10 Å². The number of amides is 1. The molecule has 3 aromatic heterocycles. The number of hydrogen-bond acceptors (Lipinski definition) is 6. The molecule has 8 heteroatoms. The fourth-order valence-corrected chi connectivity index (χ4v) is 3.75. The monoisotopic (exact) mass is 417 g/mol. The van der Waals surface area contributed by atoms with Gasteiger partial charge in [-0.15, -0.1) is 11.3 Å². The molecule has 0 saturated carbocycles. The van der Waals surface area contributed by atoms with Crippen LogP contribution in [0.4, 0.5) is 0 Å². The second-order valence-electron chi connectivity index (χ2n) is 6.70. The second kappa shape index (κ2) is 8.79. The minimum absolute atomic E-state index is 0.184. The summed E-state index contributed by atoms with van der Waals surface area (Å²) in [6.45, 7) is 2.17. The molecule has 0 fully saturated rings. The van der Waals surface area contributed by atoms with Gasteiger partial charge in [0.2, 0.25) is 0 Å². The number of benzene rings is 1. The van der Waals surface area contributed by atoms with Crippen molar-refractivity contribution < 1.29 is 4.79 Å². The molecule has 150 valence electrons. The van der Waals surface area contributed by atoms with E-state index >= 15 is 0 Å². The Labute approximate surface area is 177 Å². The second-order valence-corrected chi connectivity index (χ2v) is 7.59. The molecule has 4 rings (SSSR count). The molecule has 0 aliphatic carbocycles. The first-order valence-electron chi connectivity index (χ1n) is 9.39. The predicted molar refractivity (Wildman–Crippen MR) is 115 cm³/mol. The summed E-state index contributed by atoms with van der Waals surface area (Å²) in [6.07, 6.45) is 3.44. The molecule has 7 nitrogen and oxygen atoms in total. The molecule has 1 amide bonds. The van der Waals surface area contributed by atoms with Gasteiger partial charge in [-0.05, 0) is 30.7 Å². The molecule has 0 aliphatic heterocycles. The lowest BCUT2D eigenvalue weighted by atomic mass is 10.2. The highest BCUT2D eigenvalue weighted by atomic mass is 32.1. The van der Waals surface area contributed by atoms with Gasteiger partial charge in [-0.25, -0.2) is 9.67 Å². The van der Waals surface area contributed by atoms with Crippen molar-refractivity contribution in [2.24, 2.45) is 0 Å². The van der Waals surface area contributed by atoms with E-state index in [0.29, 0.717) is 6.54 Å². The quantitative estimate of drug-likeness (QED) is 0.520. The van der Waals surface area contributed by atoms with Gasteiger partial charge >= 0.3 is 0 Å². The van der Waals surface area contributed by atoms with Gasteiger partial charge in [-0.1, -0.05) is 30.3 Å². The zero-order valence-electron chi connectivity index (χ0n) is 16.2. The molecule has 0 spiro atoms. The van der Waals surface area contributed by atoms with E-state index < -0.39 is 0 Å². The van der Waals surface area contributed by atoms with E-state index in [1.807, 2.05) is 54.8 Å². The first kappa shape index (κ1) is 19.7. The van der Waals surface area contributed by atoms with Crippen LogP contribution in [0.1, 0.15) is 34.0 Å². The van der Waals surface area contributed by atoms with Crippen LogP contribution in [-0.4, -0.2) is 25.7 Å². The largest absolute Gasteiger partial charge is 0.342 e. The average Bonchev–Trinajstić information content (AvgIpc) is 3.27. The molecule has 0 radical (unpaired) electrons. The van der Waals surface area contributed by atoms with E-state index in [1.165, 1.54) is 28.2 Å². The standard InChI is InChI=1S/C22H19N5O2S/c1-15(22-25-19(14-30-22)17-9-11-23-12-10-17)24-21(29)18-7-8-20(28)27(26-18)13-16-5-3-2-4-6-16/h2-12,14-15H,13H2,1H3,(H,24,29). The zero-order chi connectivity index (χ0) is 20.9. The Morgan fingerprint density at radius 2 is 1.87 bits per heavy atom. The van der Waals surface area contributed by atoms with Gasteiger partial charge in [0.25, 0.3) is 11.5 Å². The van der Waals surface area contributed by atoms with E-state index in [9.17, 15) is 9.59 Å². The van der Waals surface area contributed by atoms with E-state index in [4.69, 9.17) is 0 Å². The van der Waals surface area contributed by atoms with Gasteiger partial charge in [0.1, 0.15) is 10.7 Å². The Morgan fingerprint density at radius 1 is 1.10 bits per heavy atom. The van der Waals surface area contributed by atoms with Gasteiger partial charge in [0.15, 0.2) is 0 Å². The molecular weight excluding hydrogens is 398 g/mol. The molecule has 1 aromatic carbocycles. The Bertz CT molecular complexity index is 1200. The van der Waals surface area contributed by atoms with E-state index in [0.717, 1.165) is 21.8 Å². The number of thiazole rings is 1.